The number of benzene rings is 2. The molecular weight excluding hydrogens is 390 g/mol. The number of sulfonamides is 1. The molecule has 0 spiro atoms. The first-order valence-electron chi connectivity index (χ1n) is 9.53. The standard InChI is InChI=1S/C21H23N3O4S/c25-21-16-28-20-9-8-18(15-19(20)22-21)29(26,27)24-13-11-23(12-14-24)10-4-7-17-5-2-1-3-6-17/h1-9,15H,10-14,16H2,(H,22,25)/b7-4+. The van der Waals surface area contributed by atoms with Crippen molar-refractivity contribution in [2.45, 2.75) is 4.90 Å². The van der Waals surface area contributed by atoms with Crippen LogP contribution < -0.4 is 10.1 Å². The summed E-state index contributed by atoms with van der Waals surface area (Å²) in [6.07, 6.45) is 4.18. The summed E-state index contributed by atoms with van der Waals surface area (Å²) >= 11 is 0. The Balaban J connectivity index is 1.37. The summed E-state index contributed by atoms with van der Waals surface area (Å²) in [7, 11) is -3.62. The molecule has 4 rings (SSSR count). The average Bonchev–Trinajstić information content (AvgIpc) is 2.74. The van der Waals surface area contributed by atoms with Crippen LogP contribution in [0.4, 0.5) is 5.69 Å². The Labute approximate surface area is 170 Å². The predicted octanol–water partition coefficient (Wildman–Crippen LogP) is 2.04. The lowest BCUT2D eigenvalue weighted by molar-refractivity contribution is -0.118. The number of piperazine rings is 1. The largest absolute Gasteiger partial charge is 0.482 e. The molecule has 8 heteroatoms. The Kier molecular flexibility index (Phi) is 5.66. The third kappa shape index (κ3) is 4.50. The summed E-state index contributed by atoms with van der Waals surface area (Å²) < 4.78 is 32.8. The maximum Gasteiger partial charge on any atom is 0.262 e. The van der Waals surface area contributed by atoms with Gasteiger partial charge in [-0.25, -0.2) is 8.42 Å². The van der Waals surface area contributed by atoms with E-state index in [1.165, 1.54) is 16.4 Å². The van der Waals surface area contributed by atoms with Crippen molar-refractivity contribution < 1.29 is 17.9 Å². The fourth-order valence-corrected chi connectivity index (χ4v) is 4.88. The minimum Gasteiger partial charge on any atom is -0.482 e. The van der Waals surface area contributed by atoms with Gasteiger partial charge in [-0.2, -0.15) is 4.31 Å². The van der Waals surface area contributed by atoms with Gasteiger partial charge < -0.3 is 10.1 Å². The van der Waals surface area contributed by atoms with E-state index in [1.807, 2.05) is 30.3 Å². The first-order chi connectivity index (χ1) is 14.0. The Bertz CT molecular complexity index is 1010. The van der Waals surface area contributed by atoms with Crippen molar-refractivity contribution in [1.29, 1.82) is 0 Å². The van der Waals surface area contributed by atoms with Gasteiger partial charge in [0.2, 0.25) is 10.0 Å². The fraction of sp³-hybridized carbons (Fsp3) is 0.286. The lowest BCUT2D eigenvalue weighted by Gasteiger charge is -2.33. The van der Waals surface area contributed by atoms with Gasteiger partial charge in [-0.1, -0.05) is 42.5 Å². The number of amides is 1. The zero-order valence-corrected chi connectivity index (χ0v) is 16.8. The highest BCUT2D eigenvalue weighted by Crippen LogP contribution is 2.31. The molecule has 0 bridgehead atoms. The van der Waals surface area contributed by atoms with E-state index in [-0.39, 0.29) is 17.4 Å². The Morgan fingerprint density at radius 1 is 1.03 bits per heavy atom. The highest BCUT2D eigenvalue weighted by molar-refractivity contribution is 7.89. The summed E-state index contributed by atoms with van der Waals surface area (Å²) in [6, 6.07) is 14.7. The van der Waals surface area contributed by atoms with Gasteiger partial charge >= 0.3 is 0 Å². The third-order valence-corrected chi connectivity index (χ3v) is 6.92. The molecule has 0 unspecified atom stereocenters. The van der Waals surface area contributed by atoms with Gasteiger partial charge in [0.1, 0.15) is 5.75 Å². The zero-order chi connectivity index (χ0) is 20.3. The second-order valence-corrected chi connectivity index (χ2v) is 8.95. The van der Waals surface area contributed by atoms with Crippen molar-refractivity contribution in [1.82, 2.24) is 9.21 Å². The first kappa shape index (κ1) is 19.6. The van der Waals surface area contributed by atoms with Gasteiger partial charge in [-0.15, -0.1) is 0 Å². The van der Waals surface area contributed by atoms with Crippen LogP contribution in [0.3, 0.4) is 0 Å². The van der Waals surface area contributed by atoms with Gasteiger partial charge in [0.25, 0.3) is 5.91 Å². The van der Waals surface area contributed by atoms with Crippen LogP contribution in [0.15, 0.2) is 59.5 Å². The van der Waals surface area contributed by atoms with Crippen molar-refractivity contribution in [2.24, 2.45) is 0 Å². The van der Waals surface area contributed by atoms with Crippen LogP contribution in [0.25, 0.3) is 6.08 Å². The smallest absolute Gasteiger partial charge is 0.262 e. The molecule has 152 valence electrons. The van der Waals surface area contributed by atoms with Crippen LogP contribution in [-0.2, 0) is 14.8 Å². The van der Waals surface area contributed by atoms with Gasteiger partial charge in [0.15, 0.2) is 6.61 Å². The van der Waals surface area contributed by atoms with Crippen LogP contribution >= 0.6 is 0 Å². The average molecular weight is 413 g/mol. The number of ether oxygens (including phenoxy) is 1. The maximum atomic E-state index is 13.0. The third-order valence-electron chi connectivity index (χ3n) is 5.03. The van der Waals surface area contributed by atoms with E-state index in [2.05, 4.69) is 22.4 Å². The number of hydrogen-bond donors (Lipinski definition) is 1. The quantitative estimate of drug-likeness (QED) is 0.812. The van der Waals surface area contributed by atoms with Crippen LogP contribution in [0, 0.1) is 0 Å². The van der Waals surface area contributed by atoms with E-state index >= 15 is 0 Å². The van der Waals surface area contributed by atoms with Gasteiger partial charge in [-0.3, -0.25) is 9.69 Å². The highest BCUT2D eigenvalue weighted by Gasteiger charge is 2.29. The molecule has 7 nitrogen and oxygen atoms in total. The lowest BCUT2D eigenvalue weighted by Crippen LogP contribution is -2.48. The molecule has 2 heterocycles. The van der Waals surface area contributed by atoms with E-state index in [0.717, 1.165) is 12.1 Å². The summed E-state index contributed by atoms with van der Waals surface area (Å²) in [5, 5.41) is 2.66. The number of anilines is 1. The zero-order valence-electron chi connectivity index (χ0n) is 16.0. The SMILES string of the molecule is O=C1COc2ccc(S(=O)(=O)N3CCN(C/C=C/c4ccccc4)CC3)cc2N1. The highest BCUT2D eigenvalue weighted by atomic mass is 32.2. The monoisotopic (exact) mass is 413 g/mol. The van der Waals surface area contributed by atoms with E-state index < -0.39 is 10.0 Å². The summed E-state index contributed by atoms with van der Waals surface area (Å²) in [4.78, 5) is 13.9. The summed E-state index contributed by atoms with van der Waals surface area (Å²) in [5.41, 5.74) is 1.55. The normalized spacial score (nSPS) is 18.3. The number of nitrogens with one attached hydrogen (secondary N) is 1. The van der Waals surface area contributed by atoms with Crippen LogP contribution in [-0.4, -0.2) is 62.9 Å². The number of hydrogen-bond acceptors (Lipinski definition) is 5. The molecule has 29 heavy (non-hydrogen) atoms. The van der Waals surface area contributed by atoms with E-state index in [4.69, 9.17) is 4.74 Å². The fourth-order valence-electron chi connectivity index (χ4n) is 3.43. The van der Waals surface area contributed by atoms with E-state index in [0.29, 0.717) is 37.6 Å². The molecule has 0 aromatic heterocycles. The van der Waals surface area contributed by atoms with Crippen molar-refractivity contribution in [3.05, 3.63) is 60.2 Å². The number of rotatable bonds is 5. The molecule has 0 aliphatic carbocycles. The van der Waals surface area contributed by atoms with Crippen molar-refractivity contribution in [2.75, 3.05) is 44.6 Å². The number of carbonyl (C=O) groups excluding carboxylic acids is 1. The second-order valence-electron chi connectivity index (χ2n) is 7.01. The molecule has 1 amide bonds. The number of nitrogens with zero attached hydrogens (tertiary/aromatic N) is 2. The van der Waals surface area contributed by atoms with Crippen molar-refractivity contribution >= 4 is 27.7 Å². The van der Waals surface area contributed by atoms with Crippen LogP contribution in [0.1, 0.15) is 5.56 Å². The molecular formula is C21H23N3O4S. The predicted molar refractivity (Wildman–Crippen MR) is 111 cm³/mol. The van der Waals surface area contributed by atoms with Gasteiger partial charge in [0, 0.05) is 32.7 Å². The molecule has 0 radical (unpaired) electrons. The van der Waals surface area contributed by atoms with Gasteiger partial charge in [0.05, 0.1) is 10.6 Å². The Morgan fingerprint density at radius 3 is 2.55 bits per heavy atom. The molecule has 1 saturated heterocycles. The number of carbonyl (C=O) groups is 1. The molecule has 1 fully saturated rings. The van der Waals surface area contributed by atoms with E-state index in [9.17, 15) is 13.2 Å². The Hall–Kier alpha value is -2.68. The minimum atomic E-state index is -3.62. The molecule has 0 saturated carbocycles. The maximum absolute atomic E-state index is 13.0. The molecule has 2 aliphatic rings. The summed E-state index contributed by atoms with van der Waals surface area (Å²) in [5.74, 6) is 0.197. The molecule has 1 N–H and O–H groups in total. The molecule has 0 atom stereocenters. The Morgan fingerprint density at radius 2 is 1.79 bits per heavy atom. The second kappa shape index (κ2) is 8.36. The van der Waals surface area contributed by atoms with Crippen LogP contribution in [0.5, 0.6) is 5.75 Å². The molecule has 2 aromatic carbocycles. The van der Waals surface area contributed by atoms with Crippen molar-refractivity contribution in [3.63, 3.8) is 0 Å². The first-order valence-corrected chi connectivity index (χ1v) is 11.0. The summed E-state index contributed by atoms with van der Waals surface area (Å²) in [6.45, 7) is 2.93. The minimum absolute atomic E-state index is 0.0558. The van der Waals surface area contributed by atoms with Crippen LogP contribution in [0.2, 0.25) is 0 Å². The molecule has 2 aromatic rings. The van der Waals surface area contributed by atoms with Gasteiger partial charge in [-0.05, 0) is 23.8 Å². The van der Waals surface area contributed by atoms with Crippen molar-refractivity contribution in [3.8, 4) is 5.75 Å². The number of fused-ring (bicyclic) bond motifs is 1. The van der Waals surface area contributed by atoms with E-state index in [1.54, 1.807) is 6.07 Å². The lowest BCUT2D eigenvalue weighted by atomic mass is 10.2. The topological polar surface area (TPSA) is 79.0 Å². The molecule has 2 aliphatic heterocycles.